The Morgan fingerprint density at radius 2 is 2.12 bits per heavy atom. The number of terminal acetylenes is 2. The largest absolute Gasteiger partial charge is 0.503 e. The number of benzene rings is 1. The molecule has 0 aliphatic carbocycles. The molecule has 0 saturated carbocycles. The summed E-state index contributed by atoms with van der Waals surface area (Å²) in [7, 11) is 0. The molecule has 0 aliphatic rings. The molecule has 82 valence electrons. The Balaban J connectivity index is 3.10. The maximum Gasteiger partial charge on any atom is 0.173 e. The van der Waals surface area contributed by atoms with Gasteiger partial charge in [-0.05, 0) is 30.7 Å². The molecule has 0 amide bonds. The Bertz CT molecular complexity index is 452. The predicted octanol–water partition coefficient (Wildman–Crippen LogP) is 0.887. The van der Waals surface area contributed by atoms with Crippen LogP contribution in [0.5, 0.6) is 11.5 Å². The number of hydrogen-bond acceptors (Lipinski definition) is 3. The lowest BCUT2D eigenvalue weighted by Crippen LogP contribution is -2.04. The molecule has 0 aromatic heterocycles. The summed E-state index contributed by atoms with van der Waals surface area (Å²) in [6, 6.07) is 3.41. The first-order valence-corrected chi connectivity index (χ1v) is 4.81. The maximum atomic E-state index is 9.74. The minimum Gasteiger partial charge on any atom is -0.503 e. The monoisotopic (exact) mass is 215 g/mol. The van der Waals surface area contributed by atoms with Gasteiger partial charge in [0.05, 0.1) is 5.56 Å². The molecule has 1 rings (SSSR count). The summed E-state index contributed by atoms with van der Waals surface area (Å²) in [5.41, 5.74) is 6.76. The molecule has 0 radical (unpaired) electrons. The molecule has 3 heteroatoms. The molecule has 0 spiro atoms. The zero-order chi connectivity index (χ0) is 12.0. The second kappa shape index (κ2) is 5.70. The van der Waals surface area contributed by atoms with Crippen LogP contribution in [-0.2, 0) is 6.42 Å². The SMILES string of the molecule is C#CCOc1cc(CCN)cc(C#C)c1O. The molecule has 0 unspecified atom stereocenters. The Hall–Kier alpha value is -2.10. The number of ether oxygens (including phenoxy) is 1. The van der Waals surface area contributed by atoms with Crippen LogP contribution in [0.2, 0.25) is 0 Å². The molecule has 1 aromatic rings. The van der Waals surface area contributed by atoms with E-state index in [9.17, 15) is 5.11 Å². The second-order valence-electron chi connectivity index (χ2n) is 3.17. The lowest BCUT2D eigenvalue weighted by atomic mass is 10.1. The van der Waals surface area contributed by atoms with Crippen LogP contribution in [0.3, 0.4) is 0 Å². The van der Waals surface area contributed by atoms with Gasteiger partial charge in [0.2, 0.25) is 0 Å². The first-order chi connectivity index (χ1) is 7.72. The minimum absolute atomic E-state index is 0.0569. The van der Waals surface area contributed by atoms with Gasteiger partial charge in [-0.3, -0.25) is 0 Å². The van der Waals surface area contributed by atoms with Gasteiger partial charge < -0.3 is 15.6 Å². The first-order valence-electron chi connectivity index (χ1n) is 4.81. The van der Waals surface area contributed by atoms with Crippen molar-refractivity contribution in [2.24, 2.45) is 5.73 Å². The Kier molecular flexibility index (Phi) is 4.27. The van der Waals surface area contributed by atoms with Gasteiger partial charge in [0.1, 0.15) is 6.61 Å². The van der Waals surface area contributed by atoms with E-state index < -0.39 is 0 Å². The summed E-state index contributed by atoms with van der Waals surface area (Å²) in [6.45, 7) is 0.590. The molecule has 1 aromatic carbocycles. The molecule has 0 heterocycles. The number of phenolic OH excluding ortho intramolecular Hbond substituents is 1. The fourth-order valence-electron chi connectivity index (χ4n) is 1.32. The van der Waals surface area contributed by atoms with Crippen molar-refractivity contribution in [2.45, 2.75) is 6.42 Å². The van der Waals surface area contributed by atoms with Gasteiger partial charge in [-0.2, -0.15) is 0 Å². The van der Waals surface area contributed by atoms with E-state index in [-0.39, 0.29) is 12.4 Å². The van der Waals surface area contributed by atoms with Crippen molar-refractivity contribution in [2.75, 3.05) is 13.2 Å². The van der Waals surface area contributed by atoms with Crippen LogP contribution < -0.4 is 10.5 Å². The smallest absolute Gasteiger partial charge is 0.173 e. The van der Waals surface area contributed by atoms with Gasteiger partial charge in [-0.25, -0.2) is 0 Å². The zero-order valence-corrected chi connectivity index (χ0v) is 8.86. The van der Waals surface area contributed by atoms with Gasteiger partial charge >= 0.3 is 0 Å². The van der Waals surface area contributed by atoms with Gasteiger partial charge in [0.15, 0.2) is 11.5 Å². The molecular formula is C13H13NO2. The molecule has 3 nitrogen and oxygen atoms in total. The lowest BCUT2D eigenvalue weighted by Gasteiger charge is -2.09. The Morgan fingerprint density at radius 3 is 2.69 bits per heavy atom. The highest BCUT2D eigenvalue weighted by atomic mass is 16.5. The highest BCUT2D eigenvalue weighted by Crippen LogP contribution is 2.31. The lowest BCUT2D eigenvalue weighted by molar-refractivity contribution is 0.341. The van der Waals surface area contributed by atoms with E-state index in [2.05, 4.69) is 11.8 Å². The van der Waals surface area contributed by atoms with Gasteiger partial charge in [-0.15, -0.1) is 12.8 Å². The predicted molar refractivity (Wildman–Crippen MR) is 63.1 cm³/mol. The standard InChI is InChI=1S/C13H13NO2/c1-3-7-16-12-9-10(5-6-14)8-11(4-2)13(12)15/h1-2,8-9,15H,5-7,14H2. The van der Waals surface area contributed by atoms with Crippen molar-refractivity contribution in [3.05, 3.63) is 23.3 Å². The topological polar surface area (TPSA) is 55.5 Å². The van der Waals surface area contributed by atoms with Gasteiger partial charge in [0.25, 0.3) is 0 Å². The van der Waals surface area contributed by atoms with Crippen LogP contribution in [0.15, 0.2) is 12.1 Å². The maximum absolute atomic E-state index is 9.74. The minimum atomic E-state index is -0.0569. The quantitative estimate of drug-likeness (QED) is 0.733. The summed E-state index contributed by atoms with van der Waals surface area (Å²) >= 11 is 0. The average Bonchev–Trinajstić information content (AvgIpc) is 2.29. The molecule has 16 heavy (non-hydrogen) atoms. The molecule has 3 N–H and O–H groups in total. The van der Waals surface area contributed by atoms with E-state index in [4.69, 9.17) is 23.3 Å². The summed E-state index contributed by atoms with van der Waals surface area (Å²) < 4.78 is 5.19. The first kappa shape index (κ1) is 12.0. The third-order valence-electron chi connectivity index (χ3n) is 2.03. The fraction of sp³-hybridized carbons (Fsp3) is 0.231. The normalized spacial score (nSPS) is 9.19. The third kappa shape index (κ3) is 2.70. The molecule has 0 bridgehead atoms. The zero-order valence-electron chi connectivity index (χ0n) is 8.86. The van der Waals surface area contributed by atoms with E-state index in [0.29, 0.717) is 24.3 Å². The summed E-state index contributed by atoms with van der Waals surface area (Å²) in [6.07, 6.45) is 11.0. The summed E-state index contributed by atoms with van der Waals surface area (Å²) in [4.78, 5) is 0. The van der Waals surface area contributed by atoms with Crippen LogP contribution >= 0.6 is 0 Å². The van der Waals surface area contributed by atoms with Crippen molar-refractivity contribution in [3.8, 4) is 36.2 Å². The van der Waals surface area contributed by atoms with E-state index >= 15 is 0 Å². The van der Waals surface area contributed by atoms with Crippen molar-refractivity contribution in [3.63, 3.8) is 0 Å². The van der Waals surface area contributed by atoms with Crippen molar-refractivity contribution in [1.29, 1.82) is 0 Å². The van der Waals surface area contributed by atoms with Crippen LogP contribution in [-0.4, -0.2) is 18.3 Å². The average molecular weight is 215 g/mol. The van der Waals surface area contributed by atoms with E-state index in [0.717, 1.165) is 5.56 Å². The van der Waals surface area contributed by atoms with E-state index in [1.165, 1.54) is 0 Å². The Labute approximate surface area is 95.2 Å². The third-order valence-corrected chi connectivity index (χ3v) is 2.03. The summed E-state index contributed by atoms with van der Waals surface area (Å²) in [5.74, 6) is 4.96. The van der Waals surface area contributed by atoms with Crippen molar-refractivity contribution >= 4 is 0 Å². The molecule has 0 atom stereocenters. The number of aromatic hydroxyl groups is 1. The van der Waals surface area contributed by atoms with E-state index in [1.807, 2.05) is 0 Å². The molecule has 0 aliphatic heterocycles. The van der Waals surface area contributed by atoms with Crippen LogP contribution in [0.4, 0.5) is 0 Å². The van der Waals surface area contributed by atoms with Crippen molar-refractivity contribution < 1.29 is 9.84 Å². The number of phenols is 1. The number of rotatable bonds is 4. The molecule has 0 saturated heterocycles. The highest BCUT2D eigenvalue weighted by molar-refractivity contribution is 5.55. The van der Waals surface area contributed by atoms with Gasteiger partial charge in [0, 0.05) is 0 Å². The number of nitrogens with two attached hydrogens (primary N) is 1. The molecule has 0 fully saturated rings. The Morgan fingerprint density at radius 1 is 1.38 bits per heavy atom. The second-order valence-corrected chi connectivity index (χ2v) is 3.17. The van der Waals surface area contributed by atoms with Crippen LogP contribution in [0.1, 0.15) is 11.1 Å². The molecular weight excluding hydrogens is 202 g/mol. The fourth-order valence-corrected chi connectivity index (χ4v) is 1.32. The van der Waals surface area contributed by atoms with Crippen LogP contribution in [0, 0.1) is 24.7 Å². The van der Waals surface area contributed by atoms with Crippen LogP contribution in [0.25, 0.3) is 0 Å². The highest BCUT2D eigenvalue weighted by Gasteiger charge is 2.09. The number of hydrogen-bond donors (Lipinski definition) is 2. The summed E-state index contributed by atoms with van der Waals surface area (Å²) in [5, 5.41) is 9.74. The van der Waals surface area contributed by atoms with Gasteiger partial charge in [-0.1, -0.05) is 11.8 Å². The van der Waals surface area contributed by atoms with Crippen molar-refractivity contribution in [1.82, 2.24) is 0 Å². The van der Waals surface area contributed by atoms with E-state index in [1.54, 1.807) is 12.1 Å².